The summed E-state index contributed by atoms with van der Waals surface area (Å²) in [6, 6.07) is 16.6. The highest BCUT2D eigenvalue weighted by molar-refractivity contribution is 7.23. The number of fused-ring (bicyclic) bond motifs is 2. The van der Waals surface area contributed by atoms with Crippen LogP contribution in [-0.4, -0.2) is 56.8 Å². The van der Waals surface area contributed by atoms with Crippen molar-refractivity contribution in [3.05, 3.63) is 54.1 Å². The van der Waals surface area contributed by atoms with Gasteiger partial charge in [0, 0.05) is 43.1 Å². The van der Waals surface area contributed by atoms with Crippen molar-refractivity contribution in [1.29, 1.82) is 0 Å². The van der Waals surface area contributed by atoms with Crippen molar-refractivity contribution in [2.45, 2.75) is 25.7 Å². The molecule has 1 fully saturated rings. The average molecular weight is 465 g/mol. The van der Waals surface area contributed by atoms with Crippen LogP contribution in [0.2, 0.25) is 0 Å². The normalized spacial score (nSPS) is 16.4. The number of anilines is 2. The monoisotopic (exact) mass is 464 g/mol. The maximum Gasteiger partial charge on any atom is 0.319 e. The van der Waals surface area contributed by atoms with Gasteiger partial charge in [-0.3, -0.25) is 9.80 Å². The van der Waals surface area contributed by atoms with E-state index in [9.17, 15) is 4.79 Å². The van der Waals surface area contributed by atoms with Crippen LogP contribution < -0.4 is 20.3 Å². The Morgan fingerprint density at radius 1 is 1.06 bits per heavy atom. The summed E-state index contributed by atoms with van der Waals surface area (Å²) in [7, 11) is 0. The number of thiophene rings is 1. The molecule has 0 aliphatic carbocycles. The molecular formula is C26H32N4O2S. The summed E-state index contributed by atoms with van der Waals surface area (Å²) in [4.78, 5) is 18.8. The topological polar surface area (TPSA) is 62.0 Å². The Morgan fingerprint density at radius 3 is 2.73 bits per heavy atom. The number of carbonyl (C=O) groups excluding carboxylic acids is 1. The zero-order valence-electron chi connectivity index (χ0n) is 19.0. The lowest BCUT2D eigenvalue weighted by molar-refractivity contribution is 0.249. The molecule has 2 aromatic carbocycles. The highest BCUT2D eigenvalue weighted by atomic mass is 32.1. The second kappa shape index (κ2) is 10.0. The van der Waals surface area contributed by atoms with E-state index in [1.54, 1.807) is 16.2 Å². The Balaban J connectivity index is 1.08. The average Bonchev–Trinajstić information content (AvgIpc) is 3.27. The zero-order valence-corrected chi connectivity index (χ0v) is 19.9. The van der Waals surface area contributed by atoms with Crippen LogP contribution in [0.15, 0.2) is 48.5 Å². The van der Waals surface area contributed by atoms with Crippen LogP contribution in [0.4, 0.5) is 15.5 Å². The highest BCUT2D eigenvalue weighted by Gasteiger charge is 2.20. The Morgan fingerprint density at radius 2 is 1.91 bits per heavy atom. The fourth-order valence-electron chi connectivity index (χ4n) is 4.81. The molecule has 1 aromatic heterocycles. The van der Waals surface area contributed by atoms with Gasteiger partial charge in [-0.2, -0.15) is 0 Å². The molecule has 0 spiro atoms. The number of rotatable bonds is 7. The molecule has 0 saturated carbocycles. The number of nitrogens with zero attached hydrogens (tertiary/aromatic N) is 3. The molecule has 0 atom stereocenters. The van der Waals surface area contributed by atoms with Gasteiger partial charge in [0.1, 0.15) is 10.8 Å². The molecule has 33 heavy (non-hydrogen) atoms. The third-order valence-corrected chi connectivity index (χ3v) is 7.82. The molecule has 5 rings (SSSR count). The maximum atomic E-state index is 12.1. The number of amides is 2. The van der Waals surface area contributed by atoms with Gasteiger partial charge in [-0.1, -0.05) is 18.2 Å². The first-order valence-electron chi connectivity index (χ1n) is 12.0. The van der Waals surface area contributed by atoms with Crippen molar-refractivity contribution in [1.82, 2.24) is 4.90 Å². The van der Waals surface area contributed by atoms with Gasteiger partial charge in [0.25, 0.3) is 0 Å². The van der Waals surface area contributed by atoms with E-state index in [0.717, 1.165) is 81.2 Å². The van der Waals surface area contributed by atoms with E-state index >= 15 is 0 Å². The van der Waals surface area contributed by atoms with Crippen LogP contribution in [0.5, 0.6) is 5.75 Å². The molecule has 2 aliphatic rings. The fraction of sp³-hybridized carbons (Fsp3) is 0.423. The Bertz CT molecular complexity index is 1070. The lowest BCUT2D eigenvalue weighted by Gasteiger charge is -2.36. The Hall–Kier alpha value is -2.77. The van der Waals surface area contributed by atoms with E-state index in [1.165, 1.54) is 16.0 Å². The molecule has 0 bridgehead atoms. The van der Waals surface area contributed by atoms with E-state index in [-0.39, 0.29) is 6.03 Å². The molecule has 0 unspecified atom stereocenters. The number of ether oxygens (including phenoxy) is 1. The van der Waals surface area contributed by atoms with Crippen LogP contribution in [-0.2, 0) is 6.42 Å². The Kier molecular flexibility index (Phi) is 6.69. The minimum atomic E-state index is -0.370. The number of piperazine rings is 1. The van der Waals surface area contributed by atoms with Crippen molar-refractivity contribution in [2.24, 2.45) is 5.73 Å². The number of unbranched alkanes of at least 4 members (excludes halogenated alkanes) is 1. The van der Waals surface area contributed by atoms with E-state index in [0.29, 0.717) is 6.54 Å². The summed E-state index contributed by atoms with van der Waals surface area (Å²) in [5, 5.41) is 2.10. The molecular weight excluding hydrogens is 432 g/mol. The molecule has 3 heterocycles. The molecule has 7 heteroatoms. The van der Waals surface area contributed by atoms with Crippen LogP contribution >= 0.6 is 11.3 Å². The summed E-state index contributed by atoms with van der Waals surface area (Å²) in [6.07, 6.45) is 4.24. The molecule has 2 aliphatic heterocycles. The first-order chi connectivity index (χ1) is 16.2. The number of urea groups is 1. The third-order valence-electron chi connectivity index (χ3n) is 6.68. The van der Waals surface area contributed by atoms with E-state index < -0.39 is 0 Å². The quantitative estimate of drug-likeness (QED) is 0.514. The van der Waals surface area contributed by atoms with Crippen molar-refractivity contribution in [3.63, 3.8) is 0 Å². The van der Waals surface area contributed by atoms with E-state index in [4.69, 9.17) is 10.5 Å². The predicted molar refractivity (Wildman–Crippen MR) is 137 cm³/mol. The number of nitrogens with two attached hydrogens (primary N) is 1. The largest absolute Gasteiger partial charge is 0.493 e. The standard InChI is InChI=1S/C26H32N4O2S/c27-26(31)30(25-19-21-6-1-2-8-24(21)33-25)12-4-3-11-28-13-15-29(16-14-28)22-9-10-23-20(18-22)7-5-17-32-23/h1-2,6,8-10,18-19H,3-5,7,11-17H2,(H2,27,31). The summed E-state index contributed by atoms with van der Waals surface area (Å²) in [6.45, 7) is 6.81. The first kappa shape index (κ1) is 22.0. The summed E-state index contributed by atoms with van der Waals surface area (Å²) in [5.74, 6) is 1.06. The SMILES string of the molecule is NC(=O)N(CCCCN1CCN(c2ccc3c(c2)CCCO3)CC1)c1cc2ccccc2s1. The van der Waals surface area contributed by atoms with Crippen molar-refractivity contribution < 1.29 is 9.53 Å². The summed E-state index contributed by atoms with van der Waals surface area (Å²) in [5.41, 5.74) is 8.36. The van der Waals surface area contributed by atoms with Gasteiger partial charge in [0.05, 0.1) is 6.61 Å². The first-order valence-corrected chi connectivity index (χ1v) is 12.8. The fourth-order valence-corrected chi connectivity index (χ4v) is 5.90. The number of hydrogen-bond acceptors (Lipinski definition) is 5. The van der Waals surface area contributed by atoms with Crippen molar-refractivity contribution in [2.75, 3.05) is 55.7 Å². The minimum Gasteiger partial charge on any atom is -0.493 e. The van der Waals surface area contributed by atoms with Crippen LogP contribution in [0, 0.1) is 0 Å². The summed E-state index contributed by atoms with van der Waals surface area (Å²) < 4.78 is 6.94. The second-order valence-corrected chi connectivity index (χ2v) is 9.95. The number of primary amides is 1. The Labute approximate surface area is 199 Å². The molecule has 174 valence electrons. The van der Waals surface area contributed by atoms with Crippen molar-refractivity contribution in [3.8, 4) is 5.75 Å². The number of benzene rings is 2. The molecule has 3 aromatic rings. The lowest BCUT2D eigenvalue weighted by Crippen LogP contribution is -2.46. The zero-order chi connectivity index (χ0) is 22.6. The van der Waals surface area contributed by atoms with Gasteiger partial charge in [0.15, 0.2) is 0 Å². The van der Waals surface area contributed by atoms with Crippen LogP contribution in [0.1, 0.15) is 24.8 Å². The lowest BCUT2D eigenvalue weighted by atomic mass is 10.0. The van der Waals surface area contributed by atoms with E-state index in [2.05, 4.69) is 46.2 Å². The van der Waals surface area contributed by atoms with Gasteiger partial charge in [-0.15, -0.1) is 11.3 Å². The van der Waals surface area contributed by atoms with Crippen LogP contribution in [0.25, 0.3) is 10.1 Å². The number of hydrogen-bond donors (Lipinski definition) is 1. The number of aryl methyl sites for hydroxylation is 1. The smallest absolute Gasteiger partial charge is 0.319 e. The minimum absolute atomic E-state index is 0.370. The second-order valence-electron chi connectivity index (χ2n) is 8.89. The van der Waals surface area contributed by atoms with Crippen molar-refractivity contribution >= 4 is 38.1 Å². The highest BCUT2D eigenvalue weighted by Crippen LogP contribution is 2.33. The summed E-state index contributed by atoms with van der Waals surface area (Å²) >= 11 is 1.63. The third kappa shape index (κ3) is 5.09. The van der Waals surface area contributed by atoms with Gasteiger partial charge >= 0.3 is 6.03 Å². The van der Waals surface area contributed by atoms with Crippen LogP contribution in [0.3, 0.4) is 0 Å². The molecule has 1 saturated heterocycles. The molecule has 2 amide bonds. The van der Waals surface area contributed by atoms with Gasteiger partial charge in [-0.25, -0.2) is 4.79 Å². The van der Waals surface area contributed by atoms with Gasteiger partial charge in [0.2, 0.25) is 0 Å². The molecule has 6 nitrogen and oxygen atoms in total. The predicted octanol–water partition coefficient (Wildman–Crippen LogP) is 4.71. The maximum absolute atomic E-state index is 12.1. The number of carbonyl (C=O) groups is 1. The van der Waals surface area contributed by atoms with E-state index in [1.807, 2.05) is 12.1 Å². The molecule has 0 radical (unpaired) electrons. The van der Waals surface area contributed by atoms with Gasteiger partial charge in [-0.05, 0) is 73.5 Å². The van der Waals surface area contributed by atoms with Gasteiger partial charge < -0.3 is 15.4 Å². The molecule has 2 N–H and O–H groups in total.